The van der Waals surface area contributed by atoms with Crippen LogP contribution in [-0.4, -0.2) is 86.0 Å². The van der Waals surface area contributed by atoms with Crippen LogP contribution in [0.25, 0.3) is 11.3 Å². The van der Waals surface area contributed by atoms with Crippen LogP contribution in [0.5, 0.6) is 0 Å². The molecule has 5 rings (SSSR count). The standard InChI is InChI=1S/C36H48N4O5/c1-26(2)44-24-36(43)19-13-12-18-30(36)40-25-37-31(32(40)28-16-10-7-11-17-28)33(41)39-21-20-38(34(42)45-35(3,4)5)23-29(39)22-27-14-8-6-9-15-27/h6-11,14-17,25-26,29-30,43H,12-13,18-24H2,1-5H3/t29-,30?,36?/m1/s1. The Morgan fingerprint density at radius 1 is 1.02 bits per heavy atom. The number of carbonyl (C=O) groups is 2. The minimum absolute atomic E-state index is 0.00832. The lowest BCUT2D eigenvalue weighted by Crippen LogP contribution is -2.58. The van der Waals surface area contributed by atoms with E-state index in [2.05, 4.69) is 0 Å². The Morgan fingerprint density at radius 2 is 1.71 bits per heavy atom. The van der Waals surface area contributed by atoms with Gasteiger partial charge < -0.3 is 28.9 Å². The Kier molecular flexibility index (Phi) is 9.99. The van der Waals surface area contributed by atoms with Crippen LogP contribution in [0.4, 0.5) is 4.79 Å². The van der Waals surface area contributed by atoms with E-state index in [4.69, 9.17) is 14.5 Å². The molecule has 9 heteroatoms. The quantitative estimate of drug-likeness (QED) is 0.327. The SMILES string of the molecule is CC(C)OCC1(O)CCCCC1n1cnc(C(=O)N2CCN(C(=O)OC(C)(C)C)C[C@H]2Cc2ccccc2)c1-c1ccccc1. The van der Waals surface area contributed by atoms with E-state index in [-0.39, 0.29) is 36.8 Å². The maximum atomic E-state index is 14.6. The molecule has 0 radical (unpaired) electrons. The Labute approximate surface area is 267 Å². The first-order valence-electron chi connectivity index (χ1n) is 16.2. The van der Waals surface area contributed by atoms with Gasteiger partial charge in [-0.15, -0.1) is 0 Å². The molecule has 0 spiro atoms. The minimum atomic E-state index is -1.08. The zero-order valence-electron chi connectivity index (χ0n) is 27.3. The van der Waals surface area contributed by atoms with E-state index in [0.29, 0.717) is 43.9 Å². The smallest absolute Gasteiger partial charge is 0.410 e. The third-order valence-corrected chi connectivity index (χ3v) is 8.71. The van der Waals surface area contributed by atoms with Crippen molar-refractivity contribution in [1.29, 1.82) is 0 Å². The summed E-state index contributed by atoms with van der Waals surface area (Å²) in [5.41, 5.74) is 1.30. The fourth-order valence-electron chi connectivity index (χ4n) is 6.53. The van der Waals surface area contributed by atoms with Crippen LogP contribution in [0, 0.1) is 0 Å². The maximum Gasteiger partial charge on any atom is 0.410 e. The maximum absolute atomic E-state index is 14.6. The zero-order valence-corrected chi connectivity index (χ0v) is 27.3. The van der Waals surface area contributed by atoms with Crippen molar-refractivity contribution in [2.24, 2.45) is 0 Å². The summed E-state index contributed by atoms with van der Waals surface area (Å²) in [6, 6.07) is 19.3. The number of amides is 2. The molecule has 2 aliphatic rings. The van der Waals surface area contributed by atoms with Crippen molar-refractivity contribution < 1.29 is 24.2 Å². The van der Waals surface area contributed by atoms with Crippen LogP contribution in [0.2, 0.25) is 0 Å². The van der Waals surface area contributed by atoms with Crippen LogP contribution in [0.1, 0.15) is 82.4 Å². The Hall–Kier alpha value is -3.69. The highest BCUT2D eigenvalue weighted by Crippen LogP contribution is 2.41. The van der Waals surface area contributed by atoms with Crippen molar-refractivity contribution in [3.05, 3.63) is 78.2 Å². The van der Waals surface area contributed by atoms with Gasteiger partial charge in [0.15, 0.2) is 5.69 Å². The van der Waals surface area contributed by atoms with Gasteiger partial charge in [-0.3, -0.25) is 4.79 Å². The van der Waals surface area contributed by atoms with E-state index in [9.17, 15) is 14.7 Å². The van der Waals surface area contributed by atoms with Crippen molar-refractivity contribution in [3.8, 4) is 11.3 Å². The molecule has 1 N–H and O–H groups in total. The van der Waals surface area contributed by atoms with Crippen LogP contribution in [0.3, 0.4) is 0 Å². The first-order chi connectivity index (χ1) is 21.4. The zero-order chi connectivity index (χ0) is 32.2. The lowest BCUT2D eigenvalue weighted by atomic mass is 9.80. The molecule has 242 valence electrons. The van der Waals surface area contributed by atoms with Gasteiger partial charge in [-0.2, -0.15) is 0 Å². The minimum Gasteiger partial charge on any atom is -0.444 e. The lowest BCUT2D eigenvalue weighted by molar-refractivity contribution is -0.111. The van der Waals surface area contributed by atoms with Crippen LogP contribution < -0.4 is 0 Å². The van der Waals surface area contributed by atoms with Crippen LogP contribution in [0.15, 0.2) is 67.0 Å². The van der Waals surface area contributed by atoms with E-state index < -0.39 is 11.2 Å². The van der Waals surface area contributed by atoms with Gasteiger partial charge in [-0.25, -0.2) is 9.78 Å². The summed E-state index contributed by atoms with van der Waals surface area (Å²) in [6.45, 7) is 10.8. The third-order valence-electron chi connectivity index (χ3n) is 8.71. The fraction of sp³-hybridized carbons (Fsp3) is 0.528. The molecule has 2 unspecified atom stereocenters. The fourth-order valence-corrected chi connectivity index (χ4v) is 6.53. The van der Waals surface area contributed by atoms with Crippen molar-refractivity contribution in [1.82, 2.24) is 19.4 Å². The summed E-state index contributed by atoms with van der Waals surface area (Å²) in [5, 5.41) is 12.0. The second kappa shape index (κ2) is 13.7. The highest BCUT2D eigenvalue weighted by molar-refractivity contribution is 5.98. The van der Waals surface area contributed by atoms with Crippen molar-refractivity contribution in [3.63, 3.8) is 0 Å². The Balaban J connectivity index is 1.51. The van der Waals surface area contributed by atoms with E-state index in [0.717, 1.165) is 30.4 Å². The van der Waals surface area contributed by atoms with Gasteiger partial charge in [0, 0.05) is 25.2 Å². The number of hydrogen-bond donors (Lipinski definition) is 1. The average molecular weight is 617 g/mol. The number of aliphatic hydroxyl groups is 1. The molecule has 9 nitrogen and oxygen atoms in total. The van der Waals surface area contributed by atoms with Crippen molar-refractivity contribution in [2.75, 3.05) is 26.2 Å². The number of nitrogens with zero attached hydrogens (tertiary/aromatic N) is 4. The van der Waals surface area contributed by atoms with Gasteiger partial charge >= 0.3 is 6.09 Å². The van der Waals surface area contributed by atoms with E-state index in [1.807, 2.05) is 105 Å². The van der Waals surface area contributed by atoms with Crippen molar-refractivity contribution in [2.45, 2.75) is 96.1 Å². The molecule has 0 bridgehead atoms. The number of rotatable bonds is 8. The number of aromatic nitrogens is 2. The summed E-state index contributed by atoms with van der Waals surface area (Å²) < 4.78 is 13.7. The molecule has 3 atom stereocenters. The Bertz CT molecular complexity index is 1430. The molecular weight excluding hydrogens is 568 g/mol. The summed E-state index contributed by atoms with van der Waals surface area (Å²) >= 11 is 0. The predicted molar refractivity (Wildman–Crippen MR) is 174 cm³/mol. The largest absolute Gasteiger partial charge is 0.444 e. The molecule has 1 aromatic heterocycles. The summed E-state index contributed by atoms with van der Waals surface area (Å²) in [5.74, 6) is -0.185. The number of benzene rings is 2. The predicted octanol–water partition coefficient (Wildman–Crippen LogP) is 6.13. The van der Waals surface area contributed by atoms with Crippen LogP contribution in [-0.2, 0) is 15.9 Å². The molecule has 3 aromatic rings. The van der Waals surface area contributed by atoms with Gasteiger partial charge in [0.25, 0.3) is 5.91 Å². The number of imidazole rings is 1. The lowest BCUT2D eigenvalue weighted by Gasteiger charge is -2.42. The number of piperazine rings is 1. The first-order valence-corrected chi connectivity index (χ1v) is 16.2. The monoisotopic (exact) mass is 616 g/mol. The van der Waals surface area contributed by atoms with Gasteiger partial charge in [-0.05, 0) is 59.4 Å². The molecule has 1 aliphatic carbocycles. The molecule has 1 aliphatic heterocycles. The summed E-state index contributed by atoms with van der Waals surface area (Å²) in [7, 11) is 0. The highest BCUT2D eigenvalue weighted by Gasteiger charge is 2.43. The molecule has 2 heterocycles. The molecule has 1 saturated carbocycles. The van der Waals surface area contributed by atoms with Gasteiger partial charge in [0.1, 0.15) is 11.2 Å². The highest BCUT2D eigenvalue weighted by atomic mass is 16.6. The van der Waals surface area contributed by atoms with E-state index >= 15 is 0 Å². The molecule has 2 fully saturated rings. The molecule has 2 amide bonds. The topological polar surface area (TPSA) is 97.1 Å². The normalized spacial score (nSPS) is 22.5. The number of carbonyl (C=O) groups excluding carboxylic acids is 2. The van der Waals surface area contributed by atoms with E-state index in [1.165, 1.54) is 0 Å². The average Bonchev–Trinajstić information content (AvgIpc) is 3.45. The summed E-state index contributed by atoms with van der Waals surface area (Å²) in [4.78, 5) is 36.0. The molecule has 2 aromatic carbocycles. The summed E-state index contributed by atoms with van der Waals surface area (Å²) in [6.07, 6.45) is 5.18. The molecule has 1 saturated heterocycles. The number of hydrogen-bond acceptors (Lipinski definition) is 6. The second-order valence-corrected chi connectivity index (χ2v) is 13.7. The second-order valence-electron chi connectivity index (χ2n) is 13.7. The van der Waals surface area contributed by atoms with Gasteiger partial charge in [-0.1, -0.05) is 73.5 Å². The first kappa shape index (κ1) is 32.7. The van der Waals surface area contributed by atoms with E-state index in [1.54, 1.807) is 11.2 Å². The van der Waals surface area contributed by atoms with Crippen LogP contribution >= 0.6 is 0 Å². The van der Waals surface area contributed by atoms with Crippen molar-refractivity contribution >= 4 is 12.0 Å². The molecule has 45 heavy (non-hydrogen) atoms. The van der Waals surface area contributed by atoms with Gasteiger partial charge in [0.05, 0.1) is 36.8 Å². The Morgan fingerprint density at radius 3 is 2.38 bits per heavy atom. The molecular formula is C36H48N4O5. The third kappa shape index (κ3) is 7.76. The number of ether oxygens (including phenoxy) is 2. The van der Waals surface area contributed by atoms with Gasteiger partial charge in [0.2, 0.25) is 0 Å².